The van der Waals surface area contributed by atoms with E-state index in [9.17, 15) is 0 Å². The Labute approximate surface area is 307 Å². The SMILES string of the molecule is CC1(C)c2ccccc2-c2c1c1c3ccccc3n(-c3ccccc3)c1c1c2c2ccccc2n1-c1cc(-c2ccccc2)nc(-c2ccccc2)n1. The van der Waals surface area contributed by atoms with Crippen molar-refractivity contribution in [2.24, 2.45) is 0 Å². The van der Waals surface area contributed by atoms with Gasteiger partial charge in [-0.05, 0) is 46.5 Å². The van der Waals surface area contributed by atoms with E-state index in [0.29, 0.717) is 5.82 Å². The Balaban J connectivity index is 1.42. The number of benzene rings is 7. The molecule has 0 saturated heterocycles. The summed E-state index contributed by atoms with van der Waals surface area (Å²) >= 11 is 0. The predicted octanol–water partition coefficient (Wildman–Crippen LogP) is 12.3. The van der Waals surface area contributed by atoms with Crippen LogP contribution >= 0.6 is 0 Å². The highest BCUT2D eigenvalue weighted by Gasteiger charge is 2.41. The molecule has 3 heterocycles. The molecule has 4 heteroatoms. The van der Waals surface area contributed by atoms with Gasteiger partial charge < -0.3 is 4.57 Å². The van der Waals surface area contributed by atoms with Crippen molar-refractivity contribution >= 4 is 43.6 Å². The van der Waals surface area contributed by atoms with Crippen LogP contribution in [0.4, 0.5) is 0 Å². The molecular weight excluding hydrogens is 645 g/mol. The summed E-state index contributed by atoms with van der Waals surface area (Å²) in [6.45, 7) is 4.80. The van der Waals surface area contributed by atoms with Gasteiger partial charge in [0.05, 0.1) is 27.8 Å². The number of hydrogen-bond acceptors (Lipinski definition) is 2. The summed E-state index contributed by atoms with van der Waals surface area (Å²) in [7, 11) is 0. The molecule has 53 heavy (non-hydrogen) atoms. The van der Waals surface area contributed by atoms with Gasteiger partial charge in [0.2, 0.25) is 0 Å². The van der Waals surface area contributed by atoms with E-state index in [2.05, 4.69) is 187 Å². The average Bonchev–Trinajstić information content (AvgIpc) is 3.82. The third kappa shape index (κ3) is 4.18. The second-order valence-corrected chi connectivity index (χ2v) is 14.6. The Bertz CT molecular complexity index is 3000. The van der Waals surface area contributed by atoms with Gasteiger partial charge in [0.15, 0.2) is 5.82 Å². The molecule has 0 radical (unpaired) electrons. The monoisotopic (exact) mass is 678 g/mol. The van der Waals surface area contributed by atoms with Crippen LogP contribution in [0, 0.1) is 0 Å². The highest BCUT2D eigenvalue weighted by atomic mass is 15.1. The Morgan fingerprint density at radius 2 is 1.04 bits per heavy atom. The highest BCUT2D eigenvalue weighted by Crippen LogP contribution is 2.58. The first-order valence-corrected chi connectivity index (χ1v) is 18.3. The molecule has 0 N–H and O–H groups in total. The van der Waals surface area contributed by atoms with E-state index in [0.717, 1.165) is 39.4 Å². The zero-order valence-electron chi connectivity index (χ0n) is 29.5. The molecule has 0 saturated carbocycles. The second-order valence-electron chi connectivity index (χ2n) is 14.6. The normalized spacial score (nSPS) is 13.2. The summed E-state index contributed by atoms with van der Waals surface area (Å²) in [5, 5.41) is 5.00. The predicted molar refractivity (Wildman–Crippen MR) is 219 cm³/mol. The molecular formula is C49H34N4. The lowest BCUT2D eigenvalue weighted by molar-refractivity contribution is 0.667. The standard InChI is InChI=1S/C49H34N4/c1-49(2)37-27-15-12-24-34(37)42-43-35-25-13-17-29-40(35)53(41-30-38(31-18-6-3-7-19-31)50-48(51-41)32-20-8-4-9-21-32)46(43)47-44(45(42)49)36-26-14-16-28-39(36)52(47)33-22-10-5-11-23-33/h3-30H,1-2H3. The van der Waals surface area contributed by atoms with Gasteiger partial charge in [0.25, 0.3) is 0 Å². The first kappa shape index (κ1) is 29.9. The summed E-state index contributed by atoms with van der Waals surface area (Å²) in [5.74, 6) is 1.53. The fourth-order valence-electron chi connectivity index (χ4n) is 9.06. The minimum atomic E-state index is -0.233. The second kappa shape index (κ2) is 11.1. The molecule has 1 aliphatic carbocycles. The zero-order chi connectivity index (χ0) is 35.3. The number of rotatable bonds is 4. The minimum absolute atomic E-state index is 0.233. The van der Waals surface area contributed by atoms with Crippen LogP contribution in [0.15, 0.2) is 170 Å². The molecule has 0 aliphatic heterocycles. The van der Waals surface area contributed by atoms with E-state index in [1.54, 1.807) is 0 Å². The lowest BCUT2D eigenvalue weighted by Gasteiger charge is -2.23. The highest BCUT2D eigenvalue weighted by molar-refractivity contribution is 6.31. The van der Waals surface area contributed by atoms with Crippen molar-refractivity contribution in [3.8, 4) is 45.3 Å². The van der Waals surface area contributed by atoms with Crippen molar-refractivity contribution in [2.45, 2.75) is 19.3 Å². The van der Waals surface area contributed by atoms with Gasteiger partial charge in [-0.2, -0.15) is 0 Å². The third-order valence-electron chi connectivity index (χ3n) is 11.3. The Morgan fingerprint density at radius 1 is 0.491 bits per heavy atom. The maximum Gasteiger partial charge on any atom is 0.162 e. The average molecular weight is 679 g/mol. The summed E-state index contributed by atoms with van der Waals surface area (Å²) in [6, 6.07) is 60.6. The van der Waals surface area contributed by atoms with Gasteiger partial charge >= 0.3 is 0 Å². The van der Waals surface area contributed by atoms with Crippen LogP contribution in [-0.4, -0.2) is 19.1 Å². The van der Waals surface area contributed by atoms with Gasteiger partial charge in [-0.3, -0.25) is 4.57 Å². The van der Waals surface area contributed by atoms with Crippen LogP contribution in [0.3, 0.4) is 0 Å². The van der Waals surface area contributed by atoms with Crippen molar-refractivity contribution in [3.05, 3.63) is 181 Å². The molecule has 250 valence electrons. The first-order valence-electron chi connectivity index (χ1n) is 18.3. The van der Waals surface area contributed by atoms with Crippen molar-refractivity contribution in [3.63, 3.8) is 0 Å². The minimum Gasteiger partial charge on any atom is -0.307 e. The molecule has 0 amide bonds. The smallest absolute Gasteiger partial charge is 0.162 e. The summed E-state index contributed by atoms with van der Waals surface area (Å²) in [4.78, 5) is 10.6. The van der Waals surface area contributed by atoms with Gasteiger partial charge in [-0.25, -0.2) is 9.97 Å². The van der Waals surface area contributed by atoms with Crippen LogP contribution in [0.25, 0.3) is 88.9 Å². The molecule has 0 bridgehead atoms. The van der Waals surface area contributed by atoms with E-state index in [1.165, 1.54) is 54.8 Å². The maximum atomic E-state index is 5.44. The van der Waals surface area contributed by atoms with Crippen molar-refractivity contribution in [1.29, 1.82) is 0 Å². The van der Waals surface area contributed by atoms with E-state index in [1.807, 2.05) is 6.07 Å². The lowest BCUT2D eigenvalue weighted by atomic mass is 9.80. The molecule has 7 aromatic carbocycles. The molecule has 0 unspecified atom stereocenters. The molecule has 10 aromatic rings. The van der Waals surface area contributed by atoms with E-state index < -0.39 is 0 Å². The number of para-hydroxylation sites is 3. The van der Waals surface area contributed by atoms with Crippen molar-refractivity contribution in [1.82, 2.24) is 19.1 Å². The van der Waals surface area contributed by atoms with Crippen molar-refractivity contribution in [2.75, 3.05) is 0 Å². The third-order valence-corrected chi connectivity index (χ3v) is 11.3. The number of fused-ring (bicyclic) bond motifs is 12. The van der Waals surface area contributed by atoms with Crippen LogP contribution in [0.2, 0.25) is 0 Å². The molecule has 0 spiro atoms. The molecule has 1 aliphatic rings. The number of nitrogens with zero attached hydrogens (tertiary/aromatic N) is 4. The fourth-order valence-corrected chi connectivity index (χ4v) is 9.06. The van der Waals surface area contributed by atoms with E-state index in [-0.39, 0.29) is 5.41 Å². The molecule has 4 nitrogen and oxygen atoms in total. The Kier molecular flexibility index (Phi) is 6.27. The lowest BCUT2D eigenvalue weighted by Crippen LogP contribution is -2.15. The molecule has 11 rings (SSSR count). The van der Waals surface area contributed by atoms with Crippen LogP contribution in [-0.2, 0) is 5.41 Å². The largest absolute Gasteiger partial charge is 0.307 e. The number of aromatic nitrogens is 4. The Hall–Kier alpha value is -6.78. The Morgan fingerprint density at radius 3 is 1.75 bits per heavy atom. The van der Waals surface area contributed by atoms with Gasteiger partial charge in [-0.1, -0.05) is 153 Å². The van der Waals surface area contributed by atoms with Gasteiger partial charge in [0.1, 0.15) is 5.82 Å². The summed E-state index contributed by atoms with van der Waals surface area (Å²) in [5.41, 5.74) is 13.8. The van der Waals surface area contributed by atoms with Crippen LogP contribution in [0.1, 0.15) is 25.0 Å². The summed E-state index contributed by atoms with van der Waals surface area (Å²) < 4.78 is 4.90. The number of hydrogen-bond donors (Lipinski definition) is 0. The fraction of sp³-hybridized carbons (Fsp3) is 0.0612. The van der Waals surface area contributed by atoms with E-state index in [4.69, 9.17) is 9.97 Å². The van der Waals surface area contributed by atoms with E-state index >= 15 is 0 Å². The maximum absolute atomic E-state index is 5.44. The molecule has 0 fully saturated rings. The molecule has 0 atom stereocenters. The zero-order valence-corrected chi connectivity index (χ0v) is 29.5. The van der Waals surface area contributed by atoms with Gasteiger partial charge in [-0.15, -0.1) is 0 Å². The first-order chi connectivity index (χ1) is 26.1. The summed E-state index contributed by atoms with van der Waals surface area (Å²) in [6.07, 6.45) is 0. The topological polar surface area (TPSA) is 35.6 Å². The van der Waals surface area contributed by atoms with Gasteiger partial charge in [0, 0.05) is 49.8 Å². The van der Waals surface area contributed by atoms with Crippen molar-refractivity contribution < 1.29 is 0 Å². The van der Waals surface area contributed by atoms with Crippen LogP contribution < -0.4 is 0 Å². The molecule has 3 aromatic heterocycles. The quantitative estimate of drug-likeness (QED) is 0.186. The van der Waals surface area contributed by atoms with Crippen LogP contribution in [0.5, 0.6) is 0 Å².